The third-order valence-corrected chi connectivity index (χ3v) is 9.28. The van der Waals surface area contributed by atoms with Gasteiger partial charge in [0.25, 0.3) is 0 Å². The molecule has 0 fully saturated rings. The second-order valence-corrected chi connectivity index (χ2v) is 14.2. The predicted octanol–water partition coefficient (Wildman–Crippen LogP) is 10.3. The van der Waals surface area contributed by atoms with E-state index in [1.165, 1.54) is 36.8 Å². The summed E-state index contributed by atoms with van der Waals surface area (Å²) in [5, 5.41) is 18.4. The molecule has 2 aromatic heterocycles. The highest BCUT2D eigenvalue weighted by Gasteiger charge is 2.18. The van der Waals surface area contributed by atoms with Gasteiger partial charge in [0.15, 0.2) is 23.0 Å². The van der Waals surface area contributed by atoms with Crippen molar-refractivity contribution in [1.29, 1.82) is 0 Å². The lowest BCUT2D eigenvalue weighted by Crippen LogP contribution is -2.11. The number of benzene rings is 6. The first-order valence-electron chi connectivity index (χ1n) is 20.7. The number of ether oxygens (including phenoxy) is 5. The van der Waals surface area contributed by atoms with Crippen molar-refractivity contribution in [3.63, 3.8) is 0 Å². The number of rotatable bonds is 15. The number of hydrogen-bond acceptors (Lipinski definition) is 12. The predicted molar refractivity (Wildman–Crippen MR) is 248 cm³/mol. The number of carboxylic acid groups (broad SMARTS) is 1. The van der Waals surface area contributed by atoms with Crippen LogP contribution in [0.2, 0.25) is 0 Å². The van der Waals surface area contributed by atoms with Crippen LogP contribution in [-0.4, -0.2) is 44.1 Å². The zero-order valence-electron chi connectivity index (χ0n) is 35.9. The highest BCUT2D eigenvalue weighted by Crippen LogP contribution is 2.31. The molecular weight excluding hydrogens is 853 g/mol. The maximum atomic E-state index is 12.6. The number of phenolic OH excluding ortho intramolecular Hbond substituents is 1. The first-order chi connectivity index (χ1) is 32.7. The minimum absolute atomic E-state index is 0.0925. The molecule has 13 heteroatoms. The first-order valence-corrected chi connectivity index (χ1v) is 20.7. The van der Waals surface area contributed by atoms with E-state index in [0.29, 0.717) is 18.1 Å². The molecule has 0 aliphatic carbocycles. The minimum atomic E-state index is -0.942. The largest absolute Gasteiger partial charge is 0.504 e. The molecule has 13 nitrogen and oxygen atoms in total. The van der Waals surface area contributed by atoms with E-state index >= 15 is 0 Å². The van der Waals surface area contributed by atoms with Gasteiger partial charge in [-0.15, -0.1) is 0 Å². The fourth-order valence-corrected chi connectivity index (χ4v) is 5.82. The Morgan fingerprint density at radius 2 is 0.821 bits per heavy atom. The SMILES string of the molecule is O=C(O)c1cccnc1.O=C(OCc1ccccc1)c1ccc(OCc2ccccc2)c(O)c1.O=C(OCc1ccccc1)c1ccc(OCc2ccccc2)c(OC(=O)c2cccnc2)c1. The van der Waals surface area contributed by atoms with Crippen LogP contribution in [0.25, 0.3) is 0 Å². The molecule has 0 atom stereocenters. The van der Waals surface area contributed by atoms with Crippen LogP contribution in [0.3, 0.4) is 0 Å². The molecule has 6 aromatic carbocycles. The van der Waals surface area contributed by atoms with Crippen LogP contribution in [0.1, 0.15) is 63.7 Å². The van der Waals surface area contributed by atoms with Gasteiger partial charge >= 0.3 is 23.9 Å². The molecule has 0 aliphatic rings. The van der Waals surface area contributed by atoms with E-state index in [1.807, 2.05) is 121 Å². The summed E-state index contributed by atoms with van der Waals surface area (Å²) in [5.41, 5.74) is 4.75. The van der Waals surface area contributed by atoms with E-state index in [-0.39, 0.29) is 53.6 Å². The van der Waals surface area contributed by atoms with Crippen molar-refractivity contribution in [2.75, 3.05) is 0 Å². The second kappa shape index (κ2) is 25.3. The Kier molecular flexibility index (Phi) is 17.9. The molecule has 0 unspecified atom stereocenters. The summed E-state index contributed by atoms with van der Waals surface area (Å²) in [6.45, 7) is 0.936. The highest BCUT2D eigenvalue weighted by molar-refractivity contribution is 5.93. The Bertz CT molecular complexity index is 2800. The van der Waals surface area contributed by atoms with E-state index < -0.39 is 23.9 Å². The van der Waals surface area contributed by atoms with E-state index in [1.54, 1.807) is 48.7 Å². The molecule has 8 aromatic rings. The Morgan fingerprint density at radius 3 is 1.24 bits per heavy atom. The number of pyridine rings is 2. The molecule has 0 radical (unpaired) electrons. The second-order valence-electron chi connectivity index (χ2n) is 14.2. The maximum absolute atomic E-state index is 12.6. The van der Waals surface area contributed by atoms with Gasteiger partial charge in [-0.2, -0.15) is 0 Å². The summed E-state index contributed by atoms with van der Waals surface area (Å²) >= 11 is 0. The Labute approximate surface area is 386 Å². The molecular formula is C54H44N2O11. The molecule has 8 rings (SSSR count). The Hall–Kier alpha value is -9.10. The first kappa shape index (κ1) is 47.4. The van der Waals surface area contributed by atoms with Gasteiger partial charge in [0, 0.05) is 24.8 Å². The van der Waals surface area contributed by atoms with E-state index in [2.05, 4.69) is 9.97 Å². The van der Waals surface area contributed by atoms with Crippen LogP contribution in [0.15, 0.2) is 207 Å². The van der Waals surface area contributed by atoms with Gasteiger partial charge < -0.3 is 33.9 Å². The number of aromatic carboxylic acids is 1. The van der Waals surface area contributed by atoms with Crippen molar-refractivity contribution in [1.82, 2.24) is 9.97 Å². The number of hydrogen-bond donors (Lipinski definition) is 2. The summed E-state index contributed by atoms with van der Waals surface area (Å²) in [5.74, 6) is -1.90. The lowest BCUT2D eigenvalue weighted by atomic mass is 10.2. The standard InChI is InChI=1S/C27H21NO5.C21H18O4.C6H5NO2/c29-26(32-19-21-10-5-2-6-11-21)22-13-14-24(31-18-20-8-3-1-4-9-20)25(16-22)33-27(30)23-12-7-15-28-17-23;22-19-13-18(21(23)25-15-17-9-5-2-6-10-17)11-12-20(19)24-14-16-7-3-1-4-8-16;8-6(9)5-2-1-3-7-4-5/h1-17H,18-19H2;1-13,22H,14-15H2;1-4H,(H,8,9). The monoisotopic (exact) mass is 896 g/mol. The molecule has 0 saturated carbocycles. The number of esters is 3. The molecule has 0 amide bonds. The maximum Gasteiger partial charge on any atom is 0.345 e. The molecule has 0 aliphatic heterocycles. The van der Waals surface area contributed by atoms with Crippen molar-refractivity contribution in [3.05, 3.63) is 251 Å². The van der Waals surface area contributed by atoms with Crippen molar-refractivity contribution in [2.45, 2.75) is 26.4 Å². The minimum Gasteiger partial charge on any atom is -0.504 e. The topological polar surface area (TPSA) is 181 Å². The highest BCUT2D eigenvalue weighted by atomic mass is 16.6. The van der Waals surface area contributed by atoms with Crippen LogP contribution >= 0.6 is 0 Å². The van der Waals surface area contributed by atoms with Crippen LogP contribution in [0, 0.1) is 0 Å². The zero-order chi connectivity index (χ0) is 47.1. The van der Waals surface area contributed by atoms with E-state index in [4.69, 9.17) is 28.8 Å². The summed E-state index contributed by atoms with van der Waals surface area (Å²) in [6, 6.07) is 53.5. The number of phenols is 1. The number of carboxylic acids is 1. The van der Waals surface area contributed by atoms with Crippen molar-refractivity contribution in [2.24, 2.45) is 0 Å². The number of carbonyl (C=O) groups excluding carboxylic acids is 3. The number of aromatic nitrogens is 2. The number of carbonyl (C=O) groups is 4. The third kappa shape index (κ3) is 15.6. The Balaban J connectivity index is 0.000000191. The van der Waals surface area contributed by atoms with Crippen molar-refractivity contribution >= 4 is 23.9 Å². The van der Waals surface area contributed by atoms with Gasteiger partial charge in [-0.3, -0.25) is 9.97 Å². The molecule has 2 heterocycles. The smallest absolute Gasteiger partial charge is 0.345 e. The van der Waals surface area contributed by atoms with Crippen LogP contribution in [0.4, 0.5) is 0 Å². The van der Waals surface area contributed by atoms with Gasteiger partial charge in [-0.05, 0) is 82.9 Å². The average Bonchev–Trinajstić information content (AvgIpc) is 3.38. The van der Waals surface area contributed by atoms with Gasteiger partial charge in [-0.25, -0.2) is 19.2 Å². The summed E-state index contributed by atoms with van der Waals surface area (Å²) in [6.07, 6.45) is 5.81. The number of nitrogens with zero attached hydrogens (tertiary/aromatic N) is 2. The molecule has 2 N–H and O–H groups in total. The lowest BCUT2D eigenvalue weighted by molar-refractivity contribution is 0.0463. The summed E-state index contributed by atoms with van der Waals surface area (Å²) < 4.78 is 27.7. The van der Waals surface area contributed by atoms with Gasteiger partial charge in [-0.1, -0.05) is 121 Å². The lowest BCUT2D eigenvalue weighted by Gasteiger charge is -2.13. The molecule has 67 heavy (non-hydrogen) atoms. The zero-order valence-corrected chi connectivity index (χ0v) is 35.9. The van der Waals surface area contributed by atoms with E-state index in [9.17, 15) is 24.3 Å². The van der Waals surface area contributed by atoms with Crippen molar-refractivity contribution < 1.29 is 53.1 Å². The van der Waals surface area contributed by atoms with E-state index in [0.717, 1.165) is 22.3 Å². The van der Waals surface area contributed by atoms with Gasteiger partial charge in [0.2, 0.25) is 0 Å². The van der Waals surface area contributed by atoms with Crippen LogP contribution in [0.5, 0.6) is 23.0 Å². The van der Waals surface area contributed by atoms with Crippen molar-refractivity contribution in [3.8, 4) is 23.0 Å². The molecule has 336 valence electrons. The number of aromatic hydroxyl groups is 1. The summed E-state index contributed by atoms with van der Waals surface area (Å²) in [4.78, 5) is 55.0. The fourth-order valence-electron chi connectivity index (χ4n) is 5.82. The summed E-state index contributed by atoms with van der Waals surface area (Å²) in [7, 11) is 0. The van der Waals surface area contributed by atoms with Crippen LogP contribution in [-0.2, 0) is 35.9 Å². The van der Waals surface area contributed by atoms with Crippen LogP contribution < -0.4 is 14.2 Å². The average molecular weight is 897 g/mol. The molecule has 0 saturated heterocycles. The quantitative estimate of drug-likeness (QED) is 0.0734. The van der Waals surface area contributed by atoms with Gasteiger partial charge in [0.05, 0.1) is 22.3 Å². The fraction of sp³-hybridized carbons (Fsp3) is 0.0741. The third-order valence-electron chi connectivity index (χ3n) is 9.28. The molecule has 0 spiro atoms. The Morgan fingerprint density at radius 1 is 0.403 bits per heavy atom. The normalized spacial score (nSPS) is 10.1. The molecule has 0 bridgehead atoms. The van der Waals surface area contributed by atoms with Gasteiger partial charge in [0.1, 0.15) is 26.4 Å².